The van der Waals surface area contributed by atoms with Gasteiger partial charge in [-0.15, -0.1) is 0 Å². The fourth-order valence-corrected chi connectivity index (χ4v) is 3.76. The normalized spacial score (nSPS) is 14.5. The lowest BCUT2D eigenvalue weighted by Crippen LogP contribution is -2.50. The number of carbonyl (C=O) groups excluding carboxylic acids is 2. The number of piperazine rings is 1. The first kappa shape index (κ1) is 18.6. The molecule has 0 unspecified atom stereocenters. The average molecular weight is 443 g/mol. The minimum absolute atomic E-state index is 0.0413. The van der Waals surface area contributed by atoms with Crippen molar-refractivity contribution >= 4 is 38.6 Å². The van der Waals surface area contributed by atoms with E-state index in [0.29, 0.717) is 37.4 Å². The summed E-state index contributed by atoms with van der Waals surface area (Å²) < 4.78 is 5.98. The number of aryl methyl sites for hydroxylation is 2. The molecule has 2 aromatic heterocycles. The number of amides is 2. The van der Waals surface area contributed by atoms with Gasteiger partial charge in [-0.25, -0.2) is 0 Å². The van der Waals surface area contributed by atoms with Gasteiger partial charge >= 0.3 is 0 Å². The predicted octanol–water partition coefficient (Wildman–Crippen LogP) is 3.20. The Balaban J connectivity index is 1.52. The van der Waals surface area contributed by atoms with Gasteiger partial charge < -0.3 is 14.3 Å². The predicted molar refractivity (Wildman–Crippen MR) is 107 cm³/mol. The van der Waals surface area contributed by atoms with Gasteiger partial charge in [-0.2, -0.15) is 0 Å². The number of fused-ring (bicyclic) bond motifs is 1. The van der Waals surface area contributed by atoms with Crippen LogP contribution >= 0.6 is 15.9 Å². The molecule has 8 heteroatoms. The van der Waals surface area contributed by atoms with Crippen molar-refractivity contribution in [2.24, 2.45) is 0 Å². The molecule has 3 aromatic rings. The third-order valence-electron chi connectivity index (χ3n) is 4.82. The molecule has 4 rings (SSSR count). The minimum Gasteiger partial charge on any atom is -0.351 e. The van der Waals surface area contributed by atoms with Crippen LogP contribution in [-0.2, 0) is 0 Å². The quantitative estimate of drug-likeness (QED) is 0.608. The first-order valence-electron chi connectivity index (χ1n) is 9.01. The third-order valence-corrected chi connectivity index (χ3v) is 5.32. The Morgan fingerprint density at radius 2 is 1.64 bits per heavy atom. The van der Waals surface area contributed by atoms with Crippen LogP contribution in [0.4, 0.5) is 0 Å². The number of halogens is 1. The van der Waals surface area contributed by atoms with E-state index in [1.165, 1.54) is 0 Å². The zero-order valence-corrected chi connectivity index (χ0v) is 17.2. The summed E-state index contributed by atoms with van der Waals surface area (Å²) in [6.07, 6.45) is 0. The molecule has 1 aliphatic rings. The highest BCUT2D eigenvalue weighted by Gasteiger charge is 2.28. The van der Waals surface area contributed by atoms with Crippen LogP contribution in [0.5, 0.6) is 0 Å². The van der Waals surface area contributed by atoms with Gasteiger partial charge in [0.1, 0.15) is 0 Å². The number of carbonyl (C=O) groups is 2. The van der Waals surface area contributed by atoms with Crippen molar-refractivity contribution in [2.75, 3.05) is 26.2 Å². The summed E-state index contributed by atoms with van der Waals surface area (Å²) in [5.74, 6) is 0.00166. The van der Waals surface area contributed by atoms with Gasteiger partial charge in [-0.3, -0.25) is 14.6 Å². The number of hydrogen-bond acceptors (Lipinski definition) is 5. The minimum atomic E-state index is -0.192. The zero-order valence-electron chi connectivity index (χ0n) is 15.6. The smallest absolute Gasteiger partial charge is 0.292 e. The van der Waals surface area contributed by atoms with Gasteiger partial charge in [0, 0.05) is 47.8 Å². The second-order valence-electron chi connectivity index (χ2n) is 6.89. The Bertz CT molecular complexity index is 1070. The van der Waals surface area contributed by atoms with Gasteiger partial charge in [0.05, 0.1) is 16.8 Å². The van der Waals surface area contributed by atoms with Crippen molar-refractivity contribution in [1.82, 2.24) is 19.9 Å². The molecule has 0 bridgehead atoms. The maximum Gasteiger partial charge on any atom is 0.292 e. The molecule has 28 heavy (non-hydrogen) atoms. The van der Waals surface area contributed by atoms with Crippen LogP contribution in [0.3, 0.4) is 0 Å². The largest absolute Gasteiger partial charge is 0.351 e. The van der Waals surface area contributed by atoms with Crippen LogP contribution in [0.25, 0.3) is 10.9 Å². The molecule has 0 atom stereocenters. The van der Waals surface area contributed by atoms with Gasteiger partial charge in [0.25, 0.3) is 11.8 Å². The molecule has 1 aromatic carbocycles. The van der Waals surface area contributed by atoms with E-state index >= 15 is 0 Å². The highest BCUT2D eigenvalue weighted by atomic mass is 79.9. The second-order valence-corrected chi connectivity index (χ2v) is 7.81. The fraction of sp³-hybridized carbons (Fsp3) is 0.300. The lowest BCUT2D eigenvalue weighted by atomic mass is 10.1. The van der Waals surface area contributed by atoms with Crippen LogP contribution in [0, 0.1) is 13.8 Å². The number of benzene rings is 1. The highest BCUT2D eigenvalue weighted by molar-refractivity contribution is 9.10. The molecule has 1 aliphatic heterocycles. The van der Waals surface area contributed by atoms with E-state index in [1.807, 2.05) is 31.2 Å². The highest BCUT2D eigenvalue weighted by Crippen LogP contribution is 2.24. The fourth-order valence-electron chi connectivity index (χ4n) is 3.41. The van der Waals surface area contributed by atoms with E-state index < -0.39 is 0 Å². The van der Waals surface area contributed by atoms with E-state index in [0.717, 1.165) is 21.1 Å². The molecule has 7 nitrogen and oxygen atoms in total. The number of pyridine rings is 1. The molecule has 0 aliphatic carbocycles. The molecule has 0 N–H and O–H groups in total. The van der Waals surface area contributed by atoms with E-state index in [4.69, 9.17) is 4.52 Å². The molecule has 1 fully saturated rings. The van der Waals surface area contributed by atoms with Gasteiger partial charge in [-0.1, -0.05) is 27.2 Å². The summed E-state index contributed by atoms with van der Waals surface area (Å²) in [6, 6.07) is 9.18. The van der Waals surface area contributed by atoms with Crippen molar-refractivity contribution in [1.29, 1.82) is 0 Å². The summed E-state index contributed by atoms with van der Waals surface area (Å²) in [7, 11) is 0. The maximum atomic E-state index is 13.2. The number of aromatic nitrogens is 2. The molecule has 144 valence electrons. The van der Waals surface area contributed by atoms with Gasteiger partial charge in [0.15, 0.2) is 0 Å². The van der Waals surface area contributed by atoms with Gasteiger partial charge in [0.2, 0.25) is 5.76 Å². The van der Waals surface area contributed by atoms with Crippen LogP contribution in [-0.4, -0.2) is 57.9 Å². The van der Waals surface area contributed by atoms with Crippen molar-refractivity contribution in [2.45, 2.75) is 13.8 Å². The molecule has 0 spiro atoms. The summed E-state index contributed by atoms with van der Waals surface area (Å²) in [6.45, 7) is 5.51. The summed E-state index contributed by atoms with van der Waals surface area (Å²) in [5, 5.41) is 4.59. The second kappa shape index (κ2) is 7.35. The third kappa shape index (κ3) is 3.52. The molecule has 2 amide bonds. The van der Waals surface area contributed by atoms with Crippen LogP contribution < -0.4 is 0 Å². The molecule has 3 heterocycles. The van der Waals surface area contributed by atoms with Crippen LogP contribution in [0.1, 0.15) is 32.3 Å². The molecular weight excluding hydrogens is 424 g/mol. The Morgan fingerprint density at radius 1 is 0.964 bits per heavy atom. The Kier molecular flexibility index (Phi) is 4.89. The lowest BCUT2D eigenvalue weighted by Gasteiger charge is -2.34. The first-order valence-corrected chi connectivity index (χ1v) is 9.80. The number of hydrogen-bond donors (Lipinski definition) is 0. The summed E-state index contributed by atoms with van der Waals surface area (Å²) in [5.41, 5.74) is 2.89. The maximum absolute atomic E-state index is 13.2. The SMILES string of the molecule is Cc1cc(C(=O)N2CCN(C(=O)c3cc(C)nc4cc(Br)ccc34)CC2)on1. The monoisotopic (exact) mass is 442 g/mol. The van der Waals surface area contributed by atoms with Gasteiger partial charge in [-0.05, 0) is 32.0 Å². The number of rotatable bonds is 2. The van der Waals surface area contributed by atoms with E-state index in [-0.39, 0.29) is 17.6 Å². The molecule has 0 radical (unpaired) electrons. The molecule has 0 saturated carbocycles. The first-order chi connectivity index (χ1) is 13.4. The Morgan fingerprint density at radius 3 is 2.29 bits per heavy atom. The van der Waals surface area contributed by atoms with Crippen molar-refractivity contribution in [3.63, 3.8) is 0 Å². The van der Waals surface area contributed by atoms with Crippen molar-refractivity contribution in [3.05, 3.63) is 57.5 Å². The molecule has 1 saturated heterocycles. The summed E-state index contributed by atoms with van der Waals surface area (Å²) in [4.78, 5) is 33.6. The standard InChI is InChI=1S/C20H19BrN4O3/c1-12-9-16(15-4-3-14(21)11-17(15)22-12)19(26)24-5-7-25(8-6-24)20(27)18-10-13(2)23-28-18/h3-4,9-11H,5-8H2,1-2H3. The van der Waals surface area contributed by atoms with E-state index in [2.05, 4.69) is 26.1 Å². The lowest BCUT2D eigenvalue weighted by molar-refractivity contribution is 0.0513. The Hall–Kier alpha value is -2.74. The van der Waals surface area contributed by atoms with Crippen LogP contribution in [0.2, 0.25) is 0 Å². The van der Waals surface area contributed by atoms with Crippen molar-refractivity contribution in [3.8, 4) is 0 Å². The van der Waals surface area contributed by atoms with E-state index in [1.54, 1.807) is 22.8 Å². The van der Waals surface area contributed by atoms with Crippen molar-refractivity contribution < 1.29 is 14.1 Å². The summed E-state index contributed by atoms with van der Waals surface area (Å²) >= 11 is 3.45. The zero-order chi connectivity index (χ0) is 19.8. The Labute approximate surface area is 170 Å². The topological polar surface area (TPSA) is 79.5 Å². The average Bonchev–Trinajstić information content (AvgIpc) is 3.12. The van der Waals surface area contributed by atoms with Crippen LogP contribution in [0.15, 0.2) is 39.3 Å². The molecular formula is C20H19BrN4O3. The van der Waals surface area contributed by atoms with E-state index in [9.17, 15) is 9.59 Å². The number of nitrogens with zero attached hydrogens (tertiary/aromatic N) is 4.